The molecule has 0 fully saturated rings. The van der Waals surface area contributed by atoms with Crippen LogP contribution in [-0.4, -0.2) is 26.4 Å². The molecular formula is C34H31N7. The molecule has 41 heavy (non-hydrogen) atoms. The molecule has 1 N–H and O–H groups in total. The molecule has 7 heteroatoms. The summed E-state index contributed by atoms with van der Waals surface area (Å²) in [5.41, 5.74) is 8.50. The molecule has 7 nitrogen and oxygen atoms in total. The molecule has 2 aliphatic rings. The van der Waals surface area contributed by atoms with Gasteiger partial charge in [-0.05, 0) is 67.3 Å². The molecule has 0 aliphatic carbocycles. The first-order valence-electron chi connectivity index (χ1n) is 14.0. The van der Waals surface area contributed by atoms with Gasteiger partial charge >= 0.3 is 0 Å². The Balaban J connectivity index is 1.48. The van der Waals surface area contributed by atoms with E-state index in [1.165, 1.54) is 11.1 Å². The molecular weight excluding hydrogens is 506 g/mol. The highest BCUT2D eigenvalue weighted by Gasteiger charge is 2.41. The lowest BCUT2D eigenvalue weighted by molar-refractivity contribution is 0.806. The van der Waals surface area contributed by atoms with Crippen LogP contribution in [0.1, 0.15) is 53.8 Å². The molecule has 0 saturated heterocycles. The van der Waals surface area contributed by atoms with Gasteiger partial charge in [-0.1, -0.05) is 74.0 Å². The van der Waals surface area contributed by atoms with Crippen molar-refractivity contribution in [3.8, 4) is 5.82 Å². The van der Waals surface area contributed by atoms with E-state index in [2.05, 4.69) is 110 Å². The number of pyridine rings is 1. The van der Waals surface area contributed by atoms with Crippen molar-refractivity contribution in [2.75, 3.05) is 10.2 Å². The van der Waals surface area contributed by atoms with Crippen LogP contribution in [0, 0.1) is 13.8 Å². The highest BCUT2D eigenvalue weighted by atomic mass is 15.4. The lowest BCUT2D eigenvalue weighted by Crippen LogP contribution is -2.46. The monoisotopic (exact) mass is 537 g/mol. The maximum Gasteiger partial charge on any atom is 0.179 e. The second-order valence-corrected chi connectivity index (χ2v) is 10.9. The Kier molecular flexibility index (Phi) is 6.00. The zero-order chi connectivity index (χ0) is 28.1. The van der Waals surface area contributed by atoms with Gasteiger partial charge < -0.3 is 10.2 Å². The van der Waals surface area contributed by atoms with Crippen molar-refractivity contribution in [2.45, 2.75) is 39.7 Å². The van der Waals surface area contributed by atoms with Crippen molar-refractivity contribution in [3.63, 3.8) is 0 Å². The minimum absolute atomic E-state index is 0.164. The van der Waals surface area contributed by atoms with E-state index in [0.29, 0.717) is 11.8 Å². The SMILES string of the molecule is Cc1ccc(NC2=Nc3ccccc3N3C2=Nc2c(c(C)nn2-c2ccccn2)[C@H]3c2ccc(C(C)C)cc2)cc1. The lowest BCUT2D eigenvalue weighted by atomic mass is 9.91. The summed E-state index contributed by atoms with van der Waals surface area (Å²) in [4.78, 5) is 17.3. The Hall–Kier alpha value is -5.04. The predicted octanol–water partition coefficient (Wildman–Crippen LogP) is 7.80. The number of anilines is 2. The van der Waals surface area contributed by atoms with E-state index in [-0.39, 0.29) is 6.04 Å². The molecule has 1 atom stereocenters. The lowest BCUT2D eigenvalue weighted by Gasteiger charge is -2.40. The number of aromatic nitrogens is 3. The predicted molar refractivity (Wildman–Crippen MR) is 166 cm³/mol. The normalized spacial score (nSPS) is 15.5. The van der Waals surface area contributed by atoms with Gasteiger partial charge in [0.25, 0.3) is 0 Å². The number of benzene rings is 3. The Morgan fingerprint density at radius 3 is 2.29 bits per heavy atom. The van der Waals surface area contributed by atoms with Crippen LogP contribution in [0.5, 0.6) is 0 Å². The summed E-state index contributed by atoms with van der Waals surface area (Å²) in [6.45, 7) is 8.59. The van der Waals surface area contributed by atoms with Crippen molar-refractivity contribution < 1.29 is 0 Å². The van der Waals surface area contributed by atoms with E-state index in [1.807, 2.05) is 28.9 Å². The molecule has 3 aromatic carbocycles. The third-order valence-corrected chi connectivity index (χ3v) is 7.74. The molecule has 2 aromatic heterocycles. The summed E-state index contributed by atoms with van der Waals surface area (Å²) in [7, 11) is 0. The standard InChI is InChI=1S/C34H31N7/c1-21(2)24-14-16-25(17-15-24)31-30-23(4)39-41(29-11-7-8-20-35-29)33(30)38-34-32(36-26-18-12-22(3)13-19-26)37-27-9-5-6-10-28(27)40(31)34/h5-21,31H,1-4H3,(H,36,37)/t31-/m1/s1. The molecule has 0 bridgehead atoms. The third-order valence-electron chi connectivity index (χ3n) is 7.74. The zero-order valence-corrected chi connectivity index (χ0v) is 23.6. The van der Waals surface area contributed by atoms with Crippen LogP contribution in [0.15, 0.2) is 107 Å². The Bertz CT molecular complexity index is 1800. The fourth-order valence-electron chi connectivity index (χ4n) is 5.59. The Morgan fingerprint density at radius 1 is 0.805 bits per heavy atom. The van der Waals surface area contributed by atoms with Gasteiger partial charge in [0.2, 0.25) is 0 Å². The third kappa shape index (κ3) is 4.30. The first-order valence-corrected chi connectivity index (χ1v) is 14.0. The van der Waals surface area contributed by atoms with E-state index in [1.54, 1.807) is 6.20 Å². The minimum Gasteiger partial charge on any atom is -0.337 e. The molecule has 0 amide bonds. The number of hydrogen-bond donors (Lipinski definition) is 1. The molecule has 0 unspecified atom stereocenters. The molecule has 0 spiro atoms. The van der Waals surface area contributed by atoms with Crippen molar-refractivity contribution in [3.05, 3.63) is 125 Å². The van der Waals surface area contributed by atoms with Crippen LogP contribution in [0.3, 0.4) is 0 Å². The second-order valence-electron chi connectivity index (χ2n) is 10.9. The van der Waals surface area contributed by atoms with Gasteiger partial charge in [-0.25, -0.2) is 15.0 Å². The molecule has 202 valence electrons. The van der Waals surface area contributed by atoms with Gasteiger partial charge in [0.15, 0.2) is 23.3 Å². The second kappa shape index (κ2) is 9.86. The van der Waals surface area contributed by atoms with Gasteiger partial charge in [-0.3, -0.25) is 0 Å². The van der Waals surface area contributed by atoms with Crippen molar-refractivity contribution >= 4 is 34.6 Å². The number of hydrogen-bond acceptors (Lipinski definition) is 6. The number of rotatable bonds is 4. The average molecular weight is 538 g/mol. The number of nitrogens with one attached hydrogen (secondary N) is 1. The smallest absolute Gasteiger partial charge is 0.179 e. The summed E-state index contributed by atoms with van der Waals surface area (Å²) in [6, 6.07) is 31.2. The van der Waals surface area contributed by atoms with Gasteiger partial charge in [-0.15, -0.1) is 0 Å². The maximum atomic E-state index is 5.29. The molecule has 7 rings (SSSR count). The van der Waals surface area contributed by atoms with Crippen LogP contribution in [0.25, 0.3) is 5.82 Å². The summed E-state index contributed by atoms with van der Waals surface area (Å²) in [5, 5.41) is 8.55. The van der Waals surface area contributed by atoms with E-state index in [9.17, 15) is 0 Å². The fourth-order valence-corrected chi connectivity index (χ4v) is 5.59. The number of fused-ring (bicyclic) bond motifs is 4. The highest BCUT2D eigenvalue weighted by molar-refractivity contribution is 6.51. The van der Waals surface area contributed by atoms with Gasteiger partial charge in [-0.2, -0.15) is 9.78 Å². The average Bonchev–Trinajstić information content (AvgIpc) is 3.33. The molecule has 5 aromatic rings. The van der Waals surface area contributed by atoms with E-state index < -0.39 is 0 Å². The first-order chi connectivity index (χ1) is 20.0. The summed E-state index contributed by atoms with van der Waals surface area (Å²) in [6.07, 6.45) is 1.78. The van der Waals surface area contributed by atoms with Crippen LogP contribution in [0.4, 0.5) is 22.9 Å². The van der Waals surface area contributed by atoms with Crippen LogP contribution < -0.4 is 10.2 Å². The largest absolute Gasteiger partial charge is 0.337 e. The first kappa shape index (κ1) is 25.0. The molecule has 4 heterocycles. The highest BCUT2D eigenvalue weighted by Crippen LogP contribution is 2.48. The number of nitrogens with zero attached hydrogens (tertiary/aromatic N) is 6. The van der Waals surface area contributed by atoms with Crippen molar-refractivity contribution in [1.82, 2.24) is 14.8 Å². The maximum absolute atomic E-state index is 5.29. The molecule has 2 aliphatic heterocycles. The van der Waals surface area contributed by atoms with E-state index >= 15 is 0 Å². The topological polar surface area (TPSA) is 70.7 Å². The zero-order valence-electron chi connectivity index (χ0n) is 23.6. The summed E-state index contributed by atoms with van der Waals surface area (Å²) >= 11 is 0. The number of amidine groups is 2. The van der Waals surface area contributed by atoms with E-state index in [4.69, 9.17) is 15.1 Å². The quantitative estimate of drug-likeness (QED) is 0.254. The van der Waals surface area contributed by atoms with Crippen LogP contribution in [-0.2, 0) is 0 Å². The minimum atomic E-state index is -0.164. The van der Waals surface area contributed by atoms with Gasteiger partial charge in [0, 0.05) is 17.4 Å². The summed E-state index contributed by atoms with van der Waals surface area (Å²) in [5.74, 6) is 3.37. The van der Waals surface area contributed by atoms with Crippen LogP contribution >= 0.6 is 0 Å². The number of aliphatic imine (C=N–C) groups is 2. The fraction of sp³-hybridized carbons (Fsp3) is 0.176. The van der Waals surface area contributed by atoms with Crippen molar-refractivity contribution in [1.29, 1.82) is 0 Å². The Morgan fingerprint density at radius 2 is 1.56 bits per heavy atom. The molecule has 0 saturated carbocycles. The molecule has 0 radical (unpaired) electrons. The Labute approximate surface area is 239 Å². The van der Waals surface area contributed by atoms with Gasteiger partial charge in [0.05, 0.1) is 23.1 Å². The van der Waals surface area contributed by atoms with Crippen molar-refractivity contribution in [2.24, 2.45) is 9.98 Å². The van der Waals surface area contributed by atoms with Gasteiger partial charge in [0.1, 0.15) is 0 Å². The number of aryl methyl sites for hydroxylation is 2. The number of para-hydroxylation sites is 2. The van der Waals surface area contributed by atoms with E-state index in [0.717, 1.165) is 51.4 Å². The summed E-state index contributed by atoms with van der Waals surface area (Å²) < 4.78 is 1.86. The van der Waals surface area contributed by atoms with Crippen LogP contribution in [0.2, 0.25) is 0 Å².